The largest absolute Gasteiger partial charge is 0.493 e. The van der Waals surface area contributed by atoms with Crippen molar-refractivity contribution in [3.8, 4) is 23.3 Å². The van der Waals surface area contributed by atoms with Gasteiger partial charge in [0, 0.05) is 41.4 Å². The number of nitrogens with zero attached hydrogens (tertiary/aromatic N) is 1. The lowest BCUT2D eigenvalue weighted by molar-refractivity contribution is -0.111. The molecule has 1 heterocycles. The highest BCUT2D eigenvalue weighted by atomic mass is 35.5. The molecule has 0 saturated carbocycles. The summed E-state index contributed by atoms with van der Waals surface area (Å²) in [4.78, 5) is 14.6. The Kier molecular flexibility index (Phi) is 8.32. The Hall–Kier alpha value is -2.82. The molecule has 1 fully saturated rings. The van der Waals surface area contributed by atoms with Gasteiger partial charge in [-0.25, -0.2) is 8.78 Å². The van der Waals surface area contributed by atoms with Gasteiger partial charge in [0.1, 0.15) is 6.61 Å². The van der Waals surface area contributed by atoms with E-state index in [1.165, 1.54) is 32.1 Å². The van der Waals surface area contributed by atoms with Crippen LogP contribution >= 0.6 is 11.6 Å². The average Bonchev–Trinajstić information content (AvgIpc) is 3.18. The van der Waals surface area contributed by atoms with Crippen LogP contribution in [-0.2, 0) is 4.79 Å². The number of anilines is 1. The highest BCUT2D eigenvalue weighted by Gasteiger charge is 2.19. The van der Waals surface area contributed by atoms with E-state index in [1.54, 1.807) is 18.2 Å². The van der Waals surface area contributed by atoms with Crippen molar-refractivity contribution in [3.63, 3.8) is 0 Å². The minimum Gasteiger partial charge on any atom is -0.493 e. The van der Waals surface area contributed by atoms with E-state index in [2.05, 4.69) is 29.0 Å². The standard InChI is InChI=1S/C24H25ClF2N2O3/c1-16-4-3-11-29(16)12-13-32-21-9-8-19(15-22(21)31-2)28-23(30)10-7-17-5-6-18(24(26)27)14-20(17)25/h5-6,8-9,14-16,24H,3-4,11-13H2,1-2H3,(H,28,30). The molecule has 0 spiro atoms. The molecule has 1 N–H and O–H groups in total. The molecule has 5 nitrogen and oxygen atoms in total. The predicted molar refractivity (Wildman–Crippen MR) is 121 cm³/mol. The highest BCUT2D eigenvalue weighted by Crippen LogP contribution is 2.30. The maximum Gasteiger partial charge on any atom is 0.300 e. The molecule has 2 aromatic carbocycles. The van der Waals surface area contributed by atoms with Crippen molar-refractivity contribution in [2.75, 3.05) is 32.1 Å². The van der Waals surface area contributed by atoms with Crippen molar-refractivity contribution >= 4 is 23.2 Å². The number of methoxy groups -OCH3 is 1. The molecule has 1 unspecified atom stereocenters. The van der Waals surface area contributed by atoms with Crippen molar-refractivity contribution in [1.82, 2.24) is 4.90 Å². The zero-order valence-electron chi connectivity index (χ0n) is 18.0. The first kappa shape index (κ1) is 23.8. The minimum absolute atomic E-state index is 0.0644. The molecule has 1 amide bonds. The van der Waals surface area contributed by atoms with Gasteiger partial charge in [-0.1, -0.05) is 23.6 Å². The summed E-state index contributed by atoms with van der Waals surface area (Å²) in [7, 11) is 1.53. The lowest BCUT2D eigenvalue weighted by Gasteiger charge is -2.21. The van der Waals surface area contributed by atoms with Crippen LogP contribution in [0.1, 0.15) is 37.3 Å². The Labute approximate surface area is 191 Å². The molecule has 32 heavy (non-hydrogen) atoms. The van der Waals surface area contributed by atoms with Crippen LogP contribution in [0.4, 0.5) is 14.5 Å². The number of halogens is 3. The third-order valence-corrected chi connectivity index (χ3v) is 5.62. The van der Waals surface area contributed by atoms with E-state index in [9.17, 15) is 13.6 Å². The average molecular weight is 463 g/mol. The number of hydrogen-bond acceptors (Lipinski definition) is 4. The molecule has 170 valence electrons. The first-order chi connectivity index (χ1) is 15.4. The van der Waals surface area contributed by atoms with Crippen LogP contribution < -0.4 is 14.8 Å². The van der Waals surface area contributed by atoms with Gasteiger partial charge < -0.3 is 14.8 Å². The molecule has 1 atom stereocenters. The first-order valence-electron chi connectivity index (χ1n) is 10.3. The van der Waals surface area contributed by atoms with E-state index in [0.717, 1.165) is 19.2 Å². The van der Waals surface area contributed by atoms with E-state index < -0.39 is 12.3 Å². The zero-order chi connectivity index (χ0) is 23.1. The van der Waals surface area contributed by atoms with E-state index in [1.807, 2.05) is 0 Å². The molecule has 1 saturated heterocycles. The fourth-order valence-corrected chi connectivity index (χ4v) is 3.75. The Morgan fingerprint density at radius 3 is 2.75 bits per heavy atom. The summed E-state index contributed by atoms with van der Waals surface area (Å²) >= 11 is 5.96. The number of ether oxygens (including phenoxy) is 2. The fourth-order valence-electron chi connectivity index (χ4n) is 3.52. The van der Waals surface area contributed by atoms with Crippen LogP contribution in [0.2, 0.25) is 5.02 Å². The van der Waals surface area contributed by atoms with E-state index >= 15 is 0 Å². The summed E-state index contributed by atoms with van der Waals surface area (Å²) in [5, 5.41) is 2.71. The number of amides is 1. The number of alkyl halides is 2. The van der Waals surface area contributed by atoms with Gasteiger partial charge in [-0.3, -0.25) is 9.69 Å². The second kappa shape index (κ2) is 11.2. The van der Waals surface area contributed by atoms with Gasteiger partial charge in [0.15, 0.2) is 11.5 Å². The Balaban J connectivity index is 1.59. The van der Waals surface area contributed by atoms with E-state index in [4.69, 9.17) is 21.1 Å². The number of benzene rings is 2. The molecular formula is C24H25ClF2N2O3. The van der Waals surface area contributed by atoms with Gasteiger partial charge in [-0.2, -0.15) is 0 Å². The van der Waals surface area contributed by atoms with Gasteiger partial charge in [-0.05, 0) is 50.6 Å². The molecule has 1 aliphatic heterocycles. The molecule has 1 aliphatic rings. The van der Waals surface area contributed by atoms with Crippen LogP contribution in [0.25, 0.3) is 0 Å². The SMILES string of the molecule is COc1cc(NC(=O)C#Cc2ccc(C(F)F)cc2Cl)ccc1OCCN1CCCC1C. The molecular weight excluding hydrogens is 438 g/mol. The number of nitrogens with one attached hydrogen (secondary N) is 1. The van der Waals surface area contributed by atoms with Crippen LogP contribution in [0.5, 0.6) is 11.5 Å². The number of carbonyl (C=O) groups is 1. The quantitative estimate of drug-likeness (QED) is 0.579. The Morgan fingerprint density at radius 2 is 2.09 bits per heavy atom. The second-order valence-electron chi connectivity index (χ2n) is 7.49. The third kappa shape index (κ3) is 6.35. The summed E-state index contributed by atoms with van der Waals surface area (Å²) < 4.78 is 36.6. The summed E-state index contributed by atoms with van der Waals surface area (Å²) in [6, 6.07) is 9.39. The number of carbonyl (C=O) groups excluding carboxylic acids is 1. The second-order valence-corrected chi connectivity index (χ2v) is 7.89. The topological polar surface area (TPSA) is 50.8 Å². The van der Waals surface area contributed by atoms with Crippen LogP contribution in [-0.4, -0.2) is 43.7 Å². The van der Waals surface area contributed by atoms with Crippen LogP contribution in [0, 0.1) is 11.8 Å². The summed E-state index contributed by atoms with van der Waals surface area (Å²) in [6.07, 6.45) is -0.188. The normalized spacial score (nSPS) is 15.9. The first-order valence-corrected chi connectivity index (χ1v) is 10.7. The fraction of sp³-hybridized carbons (Fsp3) is 0.375. The summed E-state index contributed by atoms with van der Waals surface area (Å²) in [6.45, 7) is 4.71. The molecule has 3 rings (SSSR count). The minimum atomic E-state index is -2.62. The molecule has 2 aromatic rings. The third-order valence-electron chi connectivity index (χ3n) is 5.30. The molecule has 0 aromatic heterocycles. The maximum absolute atomic E-state index is 12.7. The van der Waals surface area contributed by atoms with Crippen molar-refractivity contribution in [3.05, 3.63) is 52.5 Å². The van der Waals surface area contributed by atoms with Crippen molar-refractivity contribution in [2.45, 2.75) is 32.2 Å². The van der Waals surface area contributed by atoms with Gasteiger partial charge >= 0.3 is 5.91 Å². The van der Waals surface area contributed by atoms with Crippen molar-refractivity contribution in [2.24, 2.45) is 0 Å². The van der Waals surface area contributed by atoms with E-state index in [0.29, 0.717) is 35.4 Å². The van der Waals surface area contributed by atoms with Gasteiger partial charge in [0.05, 0.1) is 12.1 Å². The molecule has 0 radical (unpaired) electrons. The monoisotopic (exact) mass is 462 g/mol. The Morgan fingerprint density at radius 1 is 1.28 bits per heavy atom. The maximum atomic E-state index is 12.7. The van der Waals surface area contributed by atoms with Crippen LogP contribution in [0.3, 0.4) is 0 Å². The molecule has 8 heteroatoms. The highest BCUT2D eigenvalue weighted by molar-refractivity contribution is 6.31. The van der Waals surface area contributed by atoms with Crippen LogP contribution in [0.15, 0.2) is 36.4 Å². The van der Waals surface area contributed by atoms with E-state index in [-0.39, 0.29) is 10.6 Å². The summed E-state index contributed by atoms with van der Waals surface area (Å²) in [5.74, 6) is 5.52. The Bertz CT molecular complexity index is 1020. The van der Waals surface area contributed by atoms with Gasteiger partial charge in [0.2, 0.25) is 0 Å². The summed E-state index contributed by atoms with van der Waals surface area (Å²) in [5.41, 5.74) is 0.579. The smallest absolute Gasteiger partial charge is 0.300 e. The lowest BCUT2D eigenvalue weighted by Crippen LogP contribution is -2.31. The molecule has 0 aliphatic carbocycles. The number of likely N-dealkylation sites (tertiary alicyclic amines) is 1. The van der Waals surface area contributed by atoms with Gasteiger partial charge in [0.25, 0.3) is 6.43 Å². The van der Waals surface area contributed by atoms with Crippen molar-refractivity contribution < 1.29 is 23.0 Å². The predicted octanol–water partition coefficient (Wildman–Crippen LogP) is 5.14. The van der Waals surface area contributed by atoms with Crippen molar-refractivity contribution in [1.29, 1.82) is 0 Å². The number of hydrogen-bond donors (Lipinski definition) is 1. The lowest BCUT2D eigenvalue weighted by atomic mass is 10.1. The number of rotatable bonds is 7. The van der Waals surface area contributed by atoms with Gasteiger partial charge in [-0.15, -0.1) is 0 Å². The molecule has 0 bridgehead atoms. The zero-order valence-corrected chi connectivity index (χ0v) is 18.7.